The van der Waals surface area contributed by atoms with E-state index in [1.807, 2.05) is 45.9 Å². The van der Waals surface area contributed by atoms with Crippen LogP contribution in [-0.4, -0.2) is 32.6 Å². The Labute approximate surface area is 147 Å². The van der Waals surface area contributed by atoms with Crippen molar-refractivity contribution in [3.05, 3.63) is 41.3 Å². The van der Waals surface area contributed by atoms with Gasteiger partial charge in [-0.3, -0.25) is 9.59 Å². The van der Waals surface area contributed by atoms with Gasteiger partial charge in [-0.1, -0.05) is 19.9 Å². The number of amides is 2. The first-order valence-electron chi connectivity index (χ1n) is 8.31. The molecule has 2 aromatic heterocycles. The molecule has 0 unspecified atom stereocenters. The van der Waals surface area contributed by atoms with Crippen LogP contribution < -0.4 is 10.6 Å². The van der Waals surface area contributed by atoms with Crippen molar-refractivity contribution in [3.63, 3.8) is 0 Å². The van der Waals surface area contributed by atoms with Crippen LogP contribution in [0, 0.1) is 19.8 Å². The summed E-state index contributed by atoms with van der Waals surface area (Å²) < 4.78 is 1.78. The highest BCUT2D eigenvalue weighted by Crippen LogP contribution is 2.10. The molecule has 0 aliphatic rings. The molecule has 0 aliphatic heterocycles. The maximum absolute atomic E-state index is 12.3. The number of rotatable bonds is 6. The van der Waals surface area contributed by atoms with Crippen LogP contribution in [0.15, 0.2) is 24.4 Å². The lowest BCUT2D eigenvalue weighted by Gasteiger charge is -2.20. The fourth-order valence-electron chi connectivity index (χ4n) is 2.56. The molecule has 2 heterocycles. The van der Waals surface area contributed by atoms with Crippen LogP contribution in [0.1, 0.15) is 37.7 Å². The zero-order valence-electron chi connectivity index (χ0n) is 15.3. The average Bonchev–Trinajstić information content (AvgIpc) is 2.89. The topological polar surface area (TPSA) is 88.9 Å². The number of nitrogens with zero attached hydrogens (tertiary/aromatic N) is 3. The molecular weight excluding hydrogens is 318 g/mol. The molecule has 7 heteroatoms. The maximum atomic E-state index is 12.3. The molecule has 0 spiro atoms. The van der Waals surface area contributed by atoms with Gasteiger partial charge in [-0.15, -0.1) is 0 Å². The van der Waals surface area contributed by atoms with Crippen molar-refractivity contribution >= 4 is 11.8 Å². The standard InChI is InChI=1S/C18H25N5O2/c1-11(2)17(21-14(5)24)18(25)20-10-15-6-7-16(19-9-15)23-13(4)8-12(3)22-23/h6-9,11,17H,10H2,1-5H3,(H,20,25)(H,21,24)/t17-/m0/s1. The highest BCUT2D eigenvalue weighted by atomic mass is 16.2. The molecule has 25 heavy (non-hydrogen) atoms. The molecule has 134 valence electrons. The van der Waals surface area contributed by atoms with Gasteiger partial charge >= 0.3 is 0 Å². The molecule has 2 amide bonds. The Balaban J connectivity index is 2.00. The van der Waals surface area contributed by atoms with Crippen molar-refractivity contribution in [1.29, 1.82) is 0 Å². The second kappa shape index (κ2) is 7.92. The van der Waals surface area contributed by atoms with Gasteiger partial charge in [0.15, 0.2) is 5.82 Å². The van der Waals surface area contributed by atoms with Gasteiger partial charge in [0.05, 0.1) is 5.69 Å². The van der Waals surface area contributed by atoms with Gasteiger partial charge in [0, 0.05) is 25.4 Å². The first-order valence-corrected chi connectivity index (χ1v) is 8.31. The van der Waals surface area contributed by atoms with E-state index in [1.54, 1.807) is 10.9 Å². The van der Waals surface area contributed by atoms with E-state index in [2.05, 4.69) is 20.7 Å². The van der Waals surface area contributed by atoms with Crippen molar-refractivity contribution in [2.45, 2.75) is 47.2 Å². The van der Waals surface area contributed by atoms with E-state index in [0.717, 1.165) is 22.8 Å². The summed E-state index contributed by atoms with van der Waals surface area (Å²) in [6.45, 7) is 9.46. The average molecular weight is 343 g/mol. The minimum atomic E-state index is -0.542. The minimum Gasteiger partial charge on any atom is -0.350 e. The van der Waals surface area contributed by atoms with Crippen molar-refractivity contribution in [2.75, 3.05) is 0 Å². The number of aryl methyl sites for hydroxylation is 2. The van der Waals surface area contributed by atoms with Gasteiger partial charge in [0.1, 0.15) is 6.04 Å². The summed E-state index contributed by atoms with van der Waals surface area (Å²) in [7, 11) is 0. The molecule has 2 N–H and O–H groups in total. The van der Waals surface area contributed by atoms with Crippen LogP contribution in [0.3, 0.4) is 0 Å². The van der Waals surface area contributed by atoms with Gasteiger partial charge in [0.25, 0.3) is 0 Å². The molecule has 0 saturated heterocycles. The minimum absolute atomic E-state index is 0.00966. The normalized spacial score (nSPS) is 12.1. The number of hydrogen-bond donors (Lipinski definition) is 2. The third kappa shape index (κ3) is 4.89. The van der Waals surface area contributed by atoms with Crippen LogP contribution in [0.4, 0.5) is 0 Å². The summed E-state index contributed by atoms with van der Waals surface area (Å²) in [5, 5.41) is 9.92. The highest BCUT2D eigenvalue weighted by molar-refractivity contribution is 5.86. The Morgan fingerprint density at radius 2 is 1.96 bits per heavy atom. The SMILES string of the molecule is CC(=O)N[C@H](C(=O)NCc1ccc(-n2nc(C)cc2C)nc1)C(C)C. The van der Waals surface area contributed by atoms with Crippen LogP contribution in [0.5, 0.6) is 0 Å². The third-order valence-electron chi connectivity index (χ3n) is 3.81. The molecule has 0 radical (unpaired) electrons. The molecule has 1 atom stereocenters. The van der Waals surface area contributed by atoms with Crippen LogP contribution in [0.2, 0.25) is 0 Å². The van der Waals surface area contributed by atoms with E-state index in [0.29, 0.717) is 6.54 Å². The van der Waals surface area contributed by atoms with Gasteiger partial charge < -0.3 is 10.6 Å². The number of hydrogen-bond acceptors (Lipinski definition) is 4. The van der Waals surface area contributed by atoms with Crippen molar-refractivity contribution in [2.24, 2.45) is 5.92 Å². The van der Waals surface area contributed by atoms with Crippen molar-refractivity contribution < 1.29 is 9.59 Å². The van der Waals surface area contributed by atoms with Gasteiger partial charge in [-0.2, -0.15) is 5.10 Å². The molecule has 0 bridgehead atoms. The number of aromatic nitrogens is 3. The Hall–Kier alpha value is -2.70. The maximum Gasteiger partial charge on any atom is 0.243 e. The summed E-state index contributed by atoms with van der Waals surface area (Å²) in [5.41, 5.74) is 2.83. The fourth-order valence-corrected chi connectivity index (χ4v) is 2.56. The monoisotopic (exact) mass is 343 g/mol. The first-order chi connectivity index (χ1) is 11.8. The Morgan fingerprint density at radius 1 is 1.24 bits per heavy atom. The fraction of sp³-hybridized carbons (Fsp3) is 0.444. The molecule has 0 saturated carbocycles. The number of pyridine rings is 1. The van der Waals surface area contributed by atoms with E-state index in [1.165, 1.54) is 6.92 Å². The lowest BCUT2D eigenvalue weighted by molar-refractivity contribution is -0.129. The summed E-state index contributed by atoms with van der Waals surface area (Å²) in [5.74, 6) is 0.326. The Morgan fingerprint density at radius 3 is 2.44 bits per heavy atom. The van der Waals surface area contributed by atoms with E-state index in [9.17, 15) is 9.59 Å². The van der Waals surface area contributed by atoms with Crippen molar-refractivity contribution in [1.82, 2.24) is 25.4 Å². The summed E-state index contributed by atoms with van der Waals surface area (Å²) in [6.07, 6.45) is 1.72. The summed E-state index contributed by atoms with van der Waals surface area (Å²) >= 11 is 0. The van der Waals surface area contributed by atoms with Gasteiger partial charge in [-0.05, 0) is 37.5 Å². The van der Waals surface area contributed by atoms with E-state index >= 15 is 0 Å². The first kappa shape index (κ1) is 18.6. The Bertz CT molecular complexity index is 749. The quantitative estimate of drug-likeness (QED) is 0.835. The molecule has 2 aromatic rings. The predicted molar refractivity (Wildman–Crippen MR) is 95.1 cm³/mol. The molecule has 0 aliphatic carbocycles. The van der Waals surface area contributed by atoms with E-state index < -0.39 is 6.04 Å². The number of carbonyl (C=O) groups is 2. The smallest absolute Gasteiger partial charge is 0.243 e. The van der Waals surface area contributed by atoms with Crippen LogP contribution >= 0.6 is 0 Å². The van der Waals surface area contributed by atoms with E-state index in [4.69, 9.17) is 0 Å². The number of carbonyl (C=O) groups excluding carboxylic acids is 2. The van der Waals surface area contributed by atoms with Gasteiger partial charge in [0.2, 0.25) is 11.8 Å². The second-order valence-electron chi connectivity index (χ2n) is 6.50. The van der Waals surface area contributed by atoms with Crippen LogP contribution in [0.25, 0.3) is 5.82 Å². The lowest BCUT2D eigenvalue weighted by Crippen LogP contribution is -2.48. The molecule has 7 nitrogen and oxygen atoms in total. The predicted octanol–water partition coefficient (Wildman–Crippen LogP) is 1.66. The molecular formula is C18H25N5O2. The summed E-state index contributed by atoms with van der Waals surface area (Å²) in [6, 6.07) is 5.22. The zero-order chi connectivity index (χ0) is 18.6. The largest absolute Gasteiger partial charge is 0.350 e. The third-order valence-corrected chi connectivity index (χ3v) is 3.81. The van der Waals surface area contributed by atoms with E-state index in [-0.39, 0.29) is 17.7 Å². The Kier molecular flexibility index (Phi) is 5.90. The summed E-state index contributed by atoms with van der Waals surface area (Å²) in [4.78, 5) is 27.9. The second-order valence-corrected chi connectivity index (χ2v) is 6.50. The molecule has 0 aromatic carbocycles. The molecule has 2 rings (SSSR count). The van der Waals surface area contributed by atoms with Crippen LogP contribution in [-0.2, 0) is 16.1 Å². The zero-order valence-corrected chi connectivity index (χ0v) is 15.3. The lowest BCUT2D eigenvalue weighted by atomic mass is 10.0. The highest BCUT2D eigenvalue weighted by Gasteiger charge is 2.22. The number of nitrogens with one attached hydrogen (secondary N) is 2. The van der Waals surface area contributed by atoms with Gasteiger partial charge in [-0.25, -0.2) is 9.67 Å². The molecule has 0 fully saturated rings. The van der Waals surface area contributed by atoms with Crippen molar-refractivity contribution in [3.8, 4) is 5.82 Å².